The van der Waals surface area contributed by atoms with E-state index >= 15 is 0 Å². The number of fused-ring (bicyclic) bond motifs is 3. The number of Topliss-reactive ketones (excluding diaryl/α,β-unsaturated/α-hetero) is 1. The Labute approximate surface area is 139 Å². The van der Waals surface area contributed by atoms with Crippen molar-refractivity contribution in [2.75, 3.05) is 5.32 Å². The van der Waals surface area contributed by atoms with Crippen LogP contribution in [0.3, 0.4) is 0 Å². The summed E-state index contributed by atoms with van der Waals surface area (Å²) in [6, 6.07) is 12.7. The predicted molar refractivity (Wildman–Crippen MR) is 94.0 cm³/mol. The van der Waals surface area contributed by atoms with Crippen molar-refractivity contribution in [1.82, 2.24) is 10.2 Å². The summed E-state index contributed by atoms with van der Waals surface area (Å²) in [5.41, 5.74) is 7.60. The van der Waals surface area contributed by atoms with Crippen molar-refractivity contribution in [3.05, 3.63) is 70.6 Å². The maximum Gasteiger partial charge on any atom is 0.161 e. The Kier molecular flexibility index (Phi) is 2.71. The summed E-state index contributed by atoms with van der Waals surface area (Å²) >= 11 is 0. The fraction of sp³-hybridized carbons (Fsp3) is 0.200. The molecule has 1 aliphatic heterocycles. The maximum absolute atomic E-state index is 12.6. The molecule has 0 saturated carbocycles. The molecule has 0 saturated heterocycles. The second-order valence-electron chi connectivity index (χ2n) is 6.65. The molecule has 0 fully saturated rings. The first-order valence-electron chi connectivity index (χ1n) is 8.28. The molecule has 3 aromatic rings. The molecule has 4 nitrogen and oxygen atoms in total. The molecular weight excluding hydrogens is 298 g/mol. The number of nitrogens with one attached hydrogen (secondary N) is 2. The summed E-state index contributed by atoms with van der Waals surface area (Å²) in [6.07, 6.45) is 3.24. The number of hydrogen-bond donors (Lipinski definition) is 2. The lowest BCUT2D eigenvalue weighted by molar-refractivity contribution is -0.115. The average molecular weight is 315 g/mol. The second kappa shape index (κ2) is 4.81. The van der Waals surface area contributed by atoms with Crippen LogP contribution in [-0.4, -0.2) is 16.0 Å². The third-order valence-corrected chi connectivity index (χ3v) is 5.16. The van der Waals surface area contributed by atoms with Crippen molar-refractivity contribution in [1.29, 1.82) is 0 Å². The maximum atomic E-state index is 12.6. The molecule has 0 spiro atoms. The zero-order valence-electron chi connectivity index (χ0n) is 13.4. The van der Waals surface area contributed by atoms with E-state index in [0.29, 0.717) is 6.42 Å². The second-order valence-corrected chi connectivity index (χ2v) is 6.65. The lowest BCUT2D eigenvalue weighted by Gasteiger charge is -2.29. The number of aromatic nitrogens is 2. The van der Waals surface area contributed by atoms with Crippen LogP contribution in [0.15, 0.2) is 53.9 Å². The molecule has 118 valence electrons. The van der Waals surface area contributed by atoms with Gasteiger partial charge in [0.15, 0.2) is 5.78 Å². The SMILES string of the molecule is Cc1ccc(C2C3=C(CCC3=O)Nc3ccc4cn[nH]c4c32)cc1. The summed E-state index contributed by atoms with van der Waals surface area (Å²) in [7, 11) is 0. The fourth-order valence-corrected chi connectivity index (χ4v) is 3.98. The van der Waals surface area contributed by atoms with Gasteiger partial charge >= 0.3 is 0 Å². The number of carbonyl (C=O) groups excluding carboxylic acids is 1. The normalized spacial score (nSPS) is 19.4. The van der Waals surface area contributed by atoms with Gasteiger partial charge in [0.1, 0.15) is 0 Å². The summed E-state index contributed by atoms with van der Waals surface area (Å²) in [5, 5.41) is 11.9. The average Bonchev–Trinajstić information content (AvgIpc) is 3.21. The molecule has 0 amide bonds. The Bertz CT molecular complexity index is 1010. The minimum atomic E-state index is -0.0315. The summed E-state index contributed by atoms with van der Waals surface area (Å²) in [6.45, 7) is 2.08. The number of H-pyrrole nitrogens is 1. The smallest absolute Gasteiger partial charge is 0.161 e. The monoisotopic (exact) mass is 315 g/mol. The molecule has 1 atom stereocenters. The minimum Gasteiger partial charge on any atom is -0.358 e. The van der Waals surface area contributed by atoms with E-state index in [2.05, 4.69) is 58.8 Å². The Morgan fingerprint density at radius 3 is 2.75 bits per heavy atom. The molecule has 1 aliphatic carbocycles. The third kappa shape index (κ3) is 1.80. The zero-order chi connectivity index (χ0) is 16.3. The summed E-state index contributed by atoms with van der Waals surface area (Å²) in [5.74, 6) is 0.223. The van der Waals surface area contributed by atoms with Gasteiger partial charge in [0.05, 0.1) is 11.7 Å². The molecule has 0 bridgehead atoms. The summed E-state index contributed by atoms with van der Waals surface area (Å²) in [4.78, 5) is 12.6. The van der Waals surface area contributed by atoms with Gasteiger partial charge in [-0.2, -0.15) is 5.10 Å². The van der Waals surface area contributed by atoms with E-state index < -0.39 is 0 Å². The van der Waals surface area contributed by atoms with Crippen LogP contribution in [0.5, 0.6) is 0 Å². The number of aromatic amines is 1. The molecule has 1 aromatic heterocycles. The standard InChI is InChI=1S/C20H17N3O/c1-11-2-4-12(5-3-11)17-18-14(8-9-16(18)24)22-15-7-6-13-10-21-23-20(13)19(15)17/h2-7,10,17,22H,8-9H2,1H3,(H,21,23). The Balaban J connectivity index is 1.82. The van der Waals surface area contributed by atoms with Crippen molar-refractivity contribution in [3.63, 3.8) is 0 Å². The topological polar surface area (TPSA) is 57.8 Å². The van der Waals surface area contributed by atoms with Gasteiger partial charge in [-0.1, -0.05) is 29.8 Å². The van der Waals surface area contributed by atoms with Gasteiger partial charge in [-0.05, 0) is 31.0 Å². The lowest BCUT2D eigenvalue weighted by Crippen LogP contribution is -2.19. The minimum absolute atomic E-state index is 0.0315. The number of carbonyl (C=O) groups is 1. The molecule has 2 heterocycles. The molecule has 0 radical (unpaired) electrons. The van der Waals surface area contributed by atoms with Gasteiger partial charge in [0, 0.05) is 40.2 Å². The van der Waals surface area contributed by atoms with Crippen molar-refractivity contribution in [3.8, 4) is 0 Å². The fourth-order valence-electron chi connectivity index (χ4n) is 3.98. The highest BCUT2D eigenvalue weighted by atomic mass is 16.1. The number of allylic oxidation sites excluding steroid dienone is 2. The summed E-state index contributed by atoms with van der Waals surface area (Å²) < 4.78 is 0. The molecule has 1 unspecified atom stereocenters. The quantitative estimate of drug-likeness (QED) is 0.712. The van der Waals surface area contributed by atoms with E-state index in [0.717, 1.165) is 45.4 Å². The predicted octanol–water partition coefficient (Wildman–Crippen LogP) is 4.05. The first-order chi connectivity index (χ1) is 11.7. The van der Waals surface area contributed by atoms with E-state index in [9.17, 15) is 4.79 Å². The zero-order valence-corrected chi connectivity index (χ0v) is 13.4. The number of aryl methyl sites for hydroxylation is 1. The molecule has 2 aromatic carbocycles. The van der Waals surface area contributed by atoms with Gasteiger partial charge in [-0.25, -0.2) is 0 Å². The number of benzene rings is 2. The van der Waals surface area contributed by atoms with Crippen LogP contribution < -0.4 is 5.32 Å². The van der Waals surface area contributed by atoms with Gasteiger partial charge in [-0.3, -0.25) is 9.89 Å². The van der Waals surface area contributed by atoms with Crippen molar-refractivity contribution in [2.45, 2.75) is 25.7 Å². The van der Waals surface area contributed by atoms with Crippen LogP contribution in [0.4, 0.5) is 5.69 Å². The first kappa shape index (κ1) is 13.5. The van der Waals surface area contributed by atoms with E-state index in [1.54, 1.807) is 0 Å². The van der Waals surface area contributed by atoms with Crippen LogP contribution in [0.2, 0.25) is 0 Å². The Morgan fingerprint density at radius 1 is 1.08 bits per heavy atom. The third-order valence-electron chi connectivity index (χ3n) is 5.16. The highest BCUT2D eigenvalue weighted by Crippen LogP contribution is 2.48. The van der Waals surface area contributed by atoms with Crippen LogP contribution >= 0.6 is 0 Å². The number of nitrogens with zero attached hydrogens (tertiary/aromatic N) is 1. The van der Waals surface area contributed by atoms with Crippen molar-refractivity contribution >= 4 is 22.4 Å². The van der Waals surface area contributed by atoms with Crippen molar-refractivity contribution < 1.29 is 4.79 Å². The molecular formula is C20H17N3O. The Morgan fingerprint density at radius 2 is 1.92 bits per heavy atom. The van der Waals surface area contributed by atoms with E-state index in [4.69, 9.17) is 0 Å². The van der Waals surface area contributed by atoms with Gasteiger partial charge in [0.2, 0.25) is 0 Å². The van der Waals surface area contributed by atoms with E-state index in [-0.39, 0.29) is 11.7 Å². The number of ketones is 1. The van der Waals surface area contributed by atoms with Gasteiger partial charge in [-0.15, -0.1) is 0 Å². The van der Waals surface area contributed by atoms with E-state index in [1.807, 2.05) is 6.20 Å². The van der Waals surface area contributed by atoms with Gasteiger partial charge in [0.25, 0.3) is 0 Å². The molecule has 2 aliphatic rings. The van der Waals surface area contributed by atoms with Crippen LogP contribution in [0.1, 0.15) is 35.4 Å². The molecule has 5 rings (SSSR count). The highest BCUT2D eigenvalue weighted by molar-refractivity contribution is 6.04. The van der Waals surface area contributed by atoms with E-state index in [1.165, 1.54) is 5.56 Å². The van der Waals surface area contributed by atoms with Crippen LogP contribution in [0, 0.1) is 6.92 Å². The molecule has 4 heteroatoms. The van der Waals surface area contributed by atoms with Crippen LogP contribution in [0.25, 0.3) is 10.9 Å². The van der Waals surface area contributed by atoms with Crippen molar-refractivity contribution in [2.24, 2.45) is 0 Å². The first-order valence-corrected chi connectivity index (χ1v) is 8.28. The number of rotatable bonds is 1. The Hall–Kier alpha value is -2.88. The highest BCUT2D eigenvalue weighted by Gasteiger charge is 2.37. The number of anilines is 1. The molecule has 24 heavy (non-hydrogen) atoms. The number of hydrogen-bond acceptors (Lipinski definition) is 3. The lowest BCUT2D eigenvalue weighted by atomic mass is 9.79. The largest absolute Gasteiger partial charge is 0.358 e. The van der Waals surface area contributed by atoms with Crippen LogP contribution in [-0.2, 0) is 4.79 Å². The van der Waals surface area contributed by atoms with Gasteiger partial charge < -0.3 is 5.32 Å². The molecule has 2 N–H and O–H groups in total.